The van der Waals surface area contributed by atoms with Gasteiger partial charge in [0, 0.05) is 10.9 Å². The average molecular weight is 356 g/mol. The lowest BCUT2D eigenvalue weighted by molar-refractivity contribution is -0.133. The maximum Gasteiger partial charge on any atom is 0.313 e. The summed E-state index contributed by atoms with van der Waals surface area (Å²) in [6.45, 7) is 2.07. The summed E-state index contributed by atoms with van der Waals surface area (Å²) in [5.41, 5.74) is 0.925. The summed E-state index contributed by atoms with van der Waals surface area (Å²) >= 11 is 4.69. The lowest BCUT2D eigenvalue weighted by atomic mass is 10.3. The fourth-order valence-corrected chi connectivity index (χ4v) is 2.93. The van der Waals surface area contributed by atoms with E-state index in [2.05, 4.69) is 33.1 Å². The van der Waals surface area contributed by atoms with Crippen molar-refractivity contribution in [3.05, 3.63) is 34.6 Å². The van der Waals surface area contributed by atoms with E-state index >= 15 is 0 Å². The summed E-state index contributed by atoms with van der Waals surface area (Å²) in [6.07, 6.45) is 1.74. The zero-order chi connectivity index (χ0) is 14.5. The van der Waals surface area contributed by atoms with Crippen molar-refractivity contribution in [1.82, 2.24) is 14.8 Å². The van der Waals surface area contributed by atoms with Gasteiger partial charge in [0.2, 0.25) is 0 Å². The highest BCUT2D eigenvalue weighted by Gasteiger charge is 2.16. The molecule has 2 aromatic rings. The number of carboxylic acids is 1. The molecule has 0 aliphatic rings. The van der Waals surface area contributed by atoms with E-state index in [9.17, 15) is 4.79 Å². The van der Waals surface area contributed by atoms with Gasteiger partial charge in [0.25, 0.3) is 0 Å². The van der Waals surface area contributed by atoms with Crippen LogP contribution in [0.2, 0.25) is 0 Å². The predicted octanol–water partition coefficient (Wildman–Crippen LogP) is 3.16. The number of thioether (sulfide) groups is 1. The lowest BCUT2D eigenvalue weighted by Crippen LogP contribution is -2.05. The number of aliphatic carboxylic acids is 1. The molecule has 20 heavy (non-hydrogen) atoms. The SMILES string of the molecule is CCCc1nnc(SCC(=O)O)n1-c1ccccc1Br. The molecule has 0 unspecified atom stereocenters. The number of carbonyl (C=O) groups is 1. The minimum atomic E-state index is -0.867. The molecule has 1 heterocycles. The van der Waals surface area contributed by atoms with Gasteiger partial charge in [-0.2, -0.15) is 0 Å². The van der Waals surface area contributed by atoms with Gasteiger partial charge in [0.1, 0.15) is 5.82 Å². The zero-order valence-corrected chi connectivity index (χ0v) is 13.3. The first kappa shape index (κ1) is 15.1. The summed E-state index contributed by atoms with van der Waals surface area (Å²) in [7, 11) is 0. The second-order valence-corrected chi connectivity index (χ2v) is 5.91. The molecule has 1 N–H and O–H groups in total. The third-order valence-electron chi connectivity index (χ3n) is 2.59. The number of rotatable bonds is 6. The van der Waals surface area contributed by atoms with E-state index in [1.54, 1.807) is 0 Å². The summed E-state index contributed by atoms with van der Waals surface area (Å²) in [4.78, 5) is 10.7. The van der Waals surface area contributed by atoms with E-state index < -0.39 is 5.97 Å². The number of nitrogens with zero attached hydrogens (tertiary/aromatic N) is 3. The number of halogens is 1. The van der Waals surface area contributed by atoms with Gasteiger partial charge < -0.3 is 5.11 Å². The van der Waals surface area contributed by atoms with E-state index in [4.69, 9.17) is 5.11 Å². The number of hydrogen-bond acceptors (Lipinski definition) is 4. The van der Waals surface area contributed by atoms with Crippen LogP contribution in [0, 0.1) is 0 Å². The molecule has 2 rings (SSSR count). The van der Waals surface area contributed by atoms with Crippen molar-refractivity contribution in [3.63, 3.8) is 0 Å². The van der Waals surface area contributed by atoms with Crippen LogP contribution in [0.15, 0.2) is 33.9 Å². The van der Waals surface area contributed by atoms with Gasteiger partial charge in [-0.05, 0) is 34.5 Å². The Labute approximate surface area is 129 Å². The van der Waals surface area contributed by atoms with Gasteiger partial charge in [0.15, 0.2) is 5.16 Å². The van der Waals surface area contributed by atoms with Crippen LogP contribution in [-0.4, -0.2) is 31.6 Å². The Balaban J connectivity index is 2.44. The molecule has 0 radical (unpaired) electrons. The molecule has 0 saturated heterocycles. The standard InChI is InChI=1S/C13H14BrN3O2S/c1-2-5-11-15-16-13(20-8-12(18)19)17(11)10-7-4-3-6-9(10)14/h3-4,6-7H,2,5,8H2,1H3,(H,18,19). The van der Waals surface area contributed by atoms with Crippen LogP contribution in [-0.2, 0) is 11.2 Å². The largest absolute Gasteiger partial charge is 0.481 e. The van der Waals surface area contributed by atoms with Crippen LogP contribution in [0.3, 0.4) is 0 Å². The minimum Gasteiger partial charge on any atom is -0.481 e. The molecule has 7 heteroatoms. The fraction of sp³-hybridized carbons (Fsp3) is 0.308. The summed E-state index contributed by atoms with van der Waals surface area (Å²) < 4.78 is 2.84. The normalized spacial score (nSPS) is 10.7. The van der Waals surface area contributed by atoms with Crippen LogP contribution in [0.5, 0.6) is 0 Å². The van der Waals surface area contributed by atoms with E-state index in [0.29, 0.717) is 5.16 Å². The van der Waals surface area contributed by atoms with Crippen LogP contribution in [0.1, 0.15) is 19.2 Å². The Morgan fingerprint density at radius 2 is 2.15 bits per heavy atom. The second kappa shape index (κ2) is 6.90. The van der Waals surface area contributed by atoms with E-state index in [1.807, 2.05) is 28.8 Å². The number of carboxylic acid groups (broad SMARTS) is 1. The Kier molecular flexibility index (Phi) is 5.19. The Hall–Kier alpha value is -1.34. The van der Waals surface area contributed by atoms with Gasteiger partial charge in [-0.1, -0.05) is 30.8 Å². The first-order valence-corrected chi connectivity index (χ1v) is 7.95. The van der Waals surface area contributed by atoms with Gasteiger partial charge in [0.05, 0.1) is 11.4 Å². The fourth-order valence-electron chi connectivity index (χ4n) is 1.78. The van der Waals surface area contributed by atoms with Crippen molar-refractivity contribution >= 4 is 33.7 Å². The number of aryl methyl sites for hydroxylation is 1. The molecule has 0 spiro atoms. The van der Waals surface area contributed by atoms with Crippen molar-refractivity contribution in [3.8, 4) is 5.69 Å². The maximum atomic E-state index is 10.7. The molecule has 1 aromatic heterocycles. The molecule has 0 saturated carbocycles. The summed E-state index contributed by atoms with van der Waals surface area (Å²) in [5, 5.41) is 17.7. The smallest absolute Gasteiger partial charge is 0.313 e. The molecule has 0 aliphatic heterocycles. The van der Waals surface area contributed by atoms with Crippen molar-refractivity contribution in [2.75, 3.05) is 5.75 Å². The first-order valence-electron chi connectivity index (χ1n) is 6.17. The van der Waals surface area contributed by atoms with Gasteiger partial charge in [-0.15, -0.1) is 10.2 Å². The number of para-hydroxylation sites is 1. The Morgan fingerprint density at radius 3 is 2.80 bits per heavy atom. The third kappa shape index (κ3) is 3.40. The molecular formula is C13H14BrN3O2S. The van der Waals surface area contributed by atoms with Crippen LogP contribution >= 0.6 is 27.7 Å². The molecule has 0 aliphatic carbocycles. The molecule has 0 bridgehead atoms. The second-order valence-electron chi connectivity index (χ2n) is 4.12. The minimum absolute atomic E-state index is 0.0330. The van der Waals surface area contributed by atoms with E-state index in [0.717, 1.165) is 28.8 Å². The van der Waals surface area contributed by atoms with Gasteiger partial charge >= 0.3 is 5.97 Å². The number of aromatic nitrogens is 3. The Bertz CT molecular complexity index is 615. The molecule has 106 valence electrons. The van der Waals surface area contributed by atoms with Crippen LogP contribution in [0.25, 0.3) is 5.69 Å². The quantitative estimate of drug-likeness (QED) is 0.806. The zero-order valence-electron chi connectivity index (χ0n) is 10.9. The monoisotopic (exact) mass is 355 g/mol. The molecule has 5 nitrogen and oxygen atoms in total. The van der Waals surface area contributed by atoms with Crippen LogP contribution in [0.4, 0.5) is 0 Å². The van der Waals surface area contributed by atoms with Crippen molar-refractivity contribution in [2.45, 2.75) is 24.9 Å². The van der Waals surface area contributed by atoms with Crippen molar-refractivity contribution in [1.29, 1.82) is 0 Å². The topological polar surface area (TPSA) is 68.0 Å². The van der Waals surface area contributed by atoms with Crippen molar-refractivity contribution in [2.24, 2.45) is 0 Å². The molecular weight excluding hydrogens is 342 g/mol. The summed E-state index contributed by atoms with van der Waals surface area (Å²) in [5.74, 6) is -0.0599. The van der Waals surface area contributed by atoms with E-state index in [-0.39, 0.29) is 5.75 Å². The molecule has 1 aromatic carbocycles. The summed E-state index contributed by atoms with van der Waals surface area (Å²) in [6, 6.07) is 7.76. The highest BCUT2D eigenvalue weighted by Crippen LogP contribution is 2.27. The van der Waals surface area contributed by atoms with Crippen molar-refractivity contribution < 1.29 is 9.90 Å². The van der Waals surface area contributed by atoms with Gasteiger partial charge in [-0.25, -0.2) is 0 Å². The Morgan fingerprint density at radius 1 is 1.40 bits per heavy atom. The highest BCUT2D eigenvalue weighted by molar-refractivity contribution is 9.10. The highest BCUT2D eigenvalue weighted by atomic mass is 79.9. The average Bonchev–Trinajstić information content (AvgIpc) is 2.80. The first-order chi connectivity index (χ1) is 9.63. The van der Waals surface area contributed by atoms with Crippen LogP contribution < -0.4 is 0 Å². The number of hydrogen-bond donors (Lipinski definition) is 1. The third-order valence-corrected chi connectivity index (χ3v) is 4.18. The predicted molar refractivity (Wildman–Crippen MR) is 81.4 cm³/mol. The maximum absolute atomic E-state index is 10.7. The molecule has 0 amide bonds. The lowest BCUT2D eigenvalue weighted by Gasteiger charge is -2.11. The van der Waals surface area contributed by atoms with Gasteiger partial charge in [-0.3, -0.25) is 9.36 Å². The number of benzene rings is 1. The molecule has 0 atom stereocenters. The molecule has 0 fully saturated rings. The van der Waals surface area contributed by atoms with E-state index in [1.165, 1.54) is 11.8 Å².